The average molecular weight is 392 g/mol. The SMILES string of the molecule is COc1cc(/C=N\NC(N)=O)cc(Br)c1OC(=O)c1ccccc1. The first kappa shape index (κ1) is 17.5. The zero-order chi connectivity index (χ0) is 17.5. The standard InChI is InChI=1S/C16H14BrN3O4/c1-23-13-8-10(9-19-20-16(18)22)7-12(17)14(13)24-15(21)11-5-3-2-4-6-11/h2-9H,1H3,(H3,18,20,22)/b19-9-. The number of nitrogens with zero attached hydrogens (tertiary/aromatic N) is 1. The van der Waals surface area contributed by atoms with Crippen LogP contribution in [0.3, 0.4) is 0 Å². The molecule has 0 atom stereocenters. The van der Waals surface area contributed by atoms with E-state index in [1.807, 2.05) is 6.07 Å². The van der Waals surface area contributed by atoms with Crippen molar-refractivity contribution >= 4 is 34.1 Å². The average Bonchev–Trinajstić information content (AvgIpc) is 2.57. The molecule has 0 saturated carbocycles. The van der Waals surface area contributed by atoms with Crippen molar-refractivity contribution in [2.24, 2.45) is 10.8 Å². The number of halogens is 1. The van der Waals surface area contributed by atoms with Gasteiger partial charge in [-0.05, 0) is 45.8 Å². The van der Waals surface area contributed by atoms with Gasteiger partial charge in [-0.1, -0.05) is 18.2 Å². The second kappa shape index (κ2) is 8.11. The lowest BCUT2D eigenvalue weighted by Gasteiger charge is -2.12. The molecule has 8 heteroatoms. The Morgan fingerprint density at radius 3 is 2.58 bits per heavy atom. The van der Waals surface area contributed by atoms with E-state index in [2.05, 4.69) is 26.5 Å². The molecular formula is C16H14BrN3O4. The Morgan fingerprint density at radius 1 is 1.25 bits per heavy atom. The van der Waals surface area contributed by atoms with Crippen LogP contribution < -0.4 is 20.6 Å². The zero-order valence-electron chi connectivity index (χ0n) is 12.7. The molecule has 2 rings (SSSR count). The maximum Gasteiger partial charge on any atom is 0.343 e. The molecule has 0 bridgehead atoms. The van der Waals surface area contributed by atoms with Crippen LogP contribution in [0.5, 0.6) is 11.5 Å². The highest BCUT2D eigenvalue weighted by Gasteiger charge is 2.16. The van der Waals surface area contributed by atoms with E-state index in [-0.39, 0.29) is 5.75 Å². The third kappa shape index (κ3) is 4.56. The summed E-state index contributed by atoms with van der Waals surface area (Å²) in [7, 11) is 1.45. The summed E-state index contributed by atoms with van der Waals surface area (Å²) < 4.78 is 11.1. The van der Waals surface area contributed by atoms with Crippen LogP contribution in [-0.2, 0) is 0 Å². The molecule has 0 aliphatic heterocycles. The Bertz CT molecular complexity index is 778. The van der Waals surface area contributed by atoms with Gasteiger partial charge in [0, 0.05) is 0 Å². The molecule has 0 saturated heterocycles. The maximum atomic E-state index is 12.2. The molecule has 7 nitrogen and oxygen atoms in total. The number of urea groups is 1. The van der Waals surface area contributed by atoms with E-state index in [4.69, 9.17) is 15.2 Å². The van der Waals surface area contributed by atoms with Crippen LogP contribution in [0.2, 0.25) is 0 Å². The first-order valence-electron chi connectivity index (χ1n) is 6.74. The second-order valence-corrected chi connectivity index (χ2v) is 5.38. The minimum absolute atomic E-state index is 0.242. The number of esters is 1. The first-order valence-corrected chi connectivity index (χ1v) is 7.54. The van der Waals surface area contributed by atoms with E-state index in [0.717, 1.165) is 0 Å². The van der Waals surface area contributed by atoms with Gasteiger partial charge in [0.05, 0.1) is 23.4 Å². The molecule has 0 spiro atoms. The van der Waals surface area contributed by atoms with Crippen LogP contribution in [0, 0.1) is 0 Å². The monoisotopic (exact) mass is 391 g/mol. The Morgan fingerprint density at radius 2 is 1.96 bits per heavy atom. The quantitative estimate of drug-likeness (QED) is 0.353. The van der Waals surface area contributed by atoms with Gasteiger partial charge >= 0.3 is 12.0 Å². The summed E-state index contributed by atoms with van der Waals surface area (Å²) in [6.07, 6.45) is 1.38. The van der Waals surface area contributed by atoms with Crippen molar-refractivity contribution in [1.82, 2.24) is 5.43 Å². The van der Waals surface area contributed by atoms with E-state index in [1.165, 1.54) is 13.3 Å². The molecule has 24 heavy (non-hydrogen) atoms. The van der Waals surface area contributed by atoms with E-state index >= 15 is 0 Å². The van der Waals surface area contributed by atoms with Crippen molar-refractivity contribution in [3.63, 3.8) is 0 Å². The van der Waals surface area contributed by atoms with Crippen LogP contribution in [0.15, 0.2) is 52.0 Å². The summed E-state index contributed by atoms with van der Waals surface area (Å²) in [5.41, 5.74) is 8.03. The normalized spacial score (nSPS) is 10.4. The number of carbonyl (C=O) groups is 2. The zero-order valence-corrected chi connectivity index (χ0v) is 14.2. The summed E-state index contributed by atoms with van der Waals surface area (Å²) in [6, 6.07) is 11.1. The fraction of sp³-hybridized carbons (Fsp3) is 0.0625. The van der Waals surface area contributed by atoms with Crippen LogP contribution >= 0.6 is 15.9 Å². The molecule has 0 aliphatic carbocycles. The van der Waals surface area contributed by atoms with E-state index < -0.39 is 12.0 Å². The topological polar surface area (TPSA) is 103 Å². The lowest BCUT2D eigenvalue weighted by Crippen LogP contribution is -2.24. The molecule has 0 radical (unpaired) electrons. The molecule has 3 N–H and O–H groups in total. The minimum atomic E-state index is -0.773. The van der Waals surface area contributed by atoms with Crippen molar-refractivity contribution in [3.8, 4) is 11.5 Å². The lowest BCUT2D eigenvalue weighted by molar-refractivity contribution is 0.0728. The number of hydrogen-bond donors (Lipinski definition) is 2. The Kier molecular flexibility index (Phi) is 5.91. The number of methoxy groups -OCH3 is 1. The number of benzene rings is 2. The number of primary amides is 1. The summed E-state index contributed by atoms with van der Waals surface area (Å²) in [5.74, 6) is 0.0620. The second-order valence-electron chi connectivity index (χ2n) is 4.52. The fourth-order valence-corrected chi connectivity index (χ4v) is 2.35. The number of hydrogen-bond acceptors (Lipinski definition) is 5. The predicted molar refractivity (Wildman–Crippen MR) is 92.4 cm³/mol. The molecule has 124 valence electrons. The van der Waals surface area contributed by atoms with Gasteiger partial charge < -0.3 is 15.2 Å². The number of carbonyl (C=O) groups excluding carboxylic acids is 2. The van der Waals surface area contributed by atoms with Crippen molar-refractivity contribution in [1.29, 1.82) is 0 Å². The summed E-state index contributed by atoms with van der Waals surface area (Å²) in [6.45, 7) is 0. The van der Waals surface area contributed by atoms with Gasteiger partial charge in [-0.25, -0.2) is 15.0 Å². The summed E-state index contributed by atoms with van der Waals surface area (Å²) >= 11 is 3.33. The number of rotatable bonds is 5. The van der Waals surface area contributed by atoms with Gasteiger partial charge in [-0.3, -0.25) is 0 Å². The van der Waals surface area contributed by atoms with Gasteiger partial charge in [0.25, 0.3) is 0 Å². The number of nitrogens with one attached hydrogen (secondary N) is 1. The van der Waals surface area contributed by atoms with Gasteiger partial charge in [0.15, 0.2) is 11.5 Å². The Hall–Kier alpha value is -2.87. The largest absolute Gasteiger partial charge is 0.493 e. The predicted octanol–water partition coefficient (Wildman–Crippen LogP) is 2.68. The summed E-state index contributed by atoms with van der Waals surface area (Å²) in [4.78, 5) is 22.8. The maximum absolute atomic E-state index is 12.2. The molecular weight excluding hydrogens is 378 g/mol. The van der Waals surface area contributed by atoms with E-state index in [0.29, 0.717) is 21.3 Å². The number of hydrazone groups is 1. The minimum Gasteiger partial charge on any atom is -0.493 e. The highest BCUT2D eigenvalue weighted by Crippen LogP contribution is 2.36. The molecule has 0 fully saturated rings. The van der Waals surface area contributed by atoms with Gasteiger partial charge in [-0.2, -0.15) is 5.10 Å². The van der Waals surface area contributed by atoms with Gasteiger partial charge in [0.2, 0.25) is 0 Å². The van der Waals surface area contributed by atoms with E-state index in [1.54, 1.807) is 36.4 Å². The highest BCUT2D eigenvalue weighted by atomic mass is 79.9. The lowest BCUT2D eigenvalue weighted by atomic mass is 10.2. The van der Waals surface area contributed by atoms with Gasteiger partial charge in [-0.15, -0.1) is 0 Å². The number of nitrogens with two attached hydrogens (primary N) is 1. The third-order valence-corrected chi connectivity index (χ3v) is 3.43. The molecule has 0 aliphatic rings. The van der Waals surface area contributed by atoms with Crippen molar-refractivity contribution < 1.29 is 19.1 Å². The van der Waals surface area contributed by atoms with Crippen molar-refractivity contribution in [3.05, 3.63) is 58.1 Å². The van der Waals surface area contributed by atoms with Crippen molar-refractivity contribution in [2.45, 2.75) is 0 Å². The number of ether oxygens (including phenoxy) is 2. The van der Waals surface area contributed by atoms with Crippen LogP contribution in [0.1, 0.15) is 15.9 Å². The van der Waals surface area contributed by atoms with Gasteiger partial charge in [0.1, 0.15) is 0 Å². The molecule has 2 amide bonds. The Balaban J connectivity index is 2.25. The number of amides is 2. The highest BCUT2D eigenvalue weighted by molar-refractivity contribution is 9.10. The fourth-order valence-electron chi connectivity index (χ4n) is 1.81. The van der Waals surface area contributed by atoms with Crippen molar-refractivity contribution in [2.75, 3.05) is 7.11 Å². The smallest absolute Gasteiger partial charge is 0.343 e. The molecule has 0 aromatic heterocycles. The molecule has 2 aromatic rings. The van der Waals surface area contributed by atoms with Crippen LogP contribution in [-0.4, -0.2) is 25.3 Å². The molecule has 0 unspecified atom stereocenters. The summed E-state index contributed by atoms with van der Waals surface area (Å²) in [5, 5.41) is 3.66. The third-order valence-electron chi connectivity index (χ3n) is 2.84. The van der Waals surface area contributed by atoms with E-state index in [9.17, 15) is 9.59 Å². The molecule has 2 aromatic carbocycles. The Labute approximate surface area is 146 Å². The molecule has 0 heterocycles. The van der Waals surface area contributed by atoms with Crippen LogP contribution in [0.25, 0.3) is 0 Å². The first-order chi connectivity index (χ1) is 11.5. The van der Waals surface area contributed by atoms with Crippen LogP contribution in [0.4, 0.5) is 4.79 Å².